The highest BCUT2D eigenvalue weighted by atomic mass is 35.5. The van der Waals surface area contributed by atoms with E-state index in [1.54, 1.807) is 48.1 Å². The number of rotatable bonds is 9. The molecule has 2 aromatic carbocycles. The third kappa shape index (κ3) is 5.38. The zero-order chi connectivity index (χ0) is 25.8. The summed E-state index contributed by atoms with van der Waals surface area (Å²) in [7, 11) is 1.18. The minimum absolute atomic E-state index is 0.0326. The number of aromatic nitrogens is 3. The van der Waals surface area contributed by atoms with Crippen molar-refractivity contribution in [1.82, 2.24) is 14.8 Å². The second-order valence-electron chi connectivity index (χ2n) is 7.66. The fraction of sp³-hybridized carbons (Fsp3) is 0.240. The van der Waals surface area contributed by atoms with E-state index >= 15 is 0 Å². The quantitative estimate of drug-likeness (QED) is 0.271. The summed E-state index contributed by atoms with van der Waals surface area (Å²) in [5.74, 6) is -1.72. The largest absolute Gasteiger partial charge is 0.481 e. The lowest BCUT2D eigenvalue weighted by molar-refractivity contribution is -0.142. The molecule has 0 aliphatic heterocycles. The van der Waals surface area contributed by atoms with Gasteiger partial charge in [0.2, 0.25) is 0 Å². The molecule has 4 aromatic rings. The molecule has 0 radical (unpaired) electrons. The summed E-state index contributed by atoms with van der Waals surface area (Å²) in [4.78, 5) is 16.0. The molecule has 0 bridgehead atoms. The Labute approximate surface area is 209 Å². The Balaban J connectivity index is 1.82. The molecule has 2 aromatic heterocycles. The fourth-order valence-corrected chi connectivity index (χ4v) is 3.92. The van der Waals surface area contributed by atoms with Gasteiger partial charge >= 0.3 is 12.6 Å². The van der Waals surface area contributed by atoms with Crippen LogP contribution >= 0.6 is 11.6 Å². The first-order chi connectivity index (χ1) is 17.3. The number of carbonyl (C=O) groups excluding carboxylic acids is 1. The van der Waals surface area contributed by atoms with Crippen LogP contribution in [0.25, 0.3) is 16.6 Å². The smallest absolute Gasteiger partial charge is 0.387 e. The zero-order valence-electron chi connectivity index (χ0n) is 19.3. The molecule has 0 atom stereocenters. The first-order valence-electron chi connectivity index (χ1n) is 10.9. The van der Waals surface area contributed by atoms with E-state index in [0.29, 0.717) is 22.8 Å². The summed E-state index contributed by atoms with van der Waals surface area (Å²) in [6.45, 7) is -1.92. The number of aryl methyl sites for hydroxylation is 1. The SMILES string of the molecule is CCc1nc2c(F)ccc(OCC(=O)OC)c2c(OC(F)F)c1Cc1ccc(-n2ccc(Cl)n2)cc1. The van der Waals surface area contributed by atoms with E-state index in [4.69, 9.17) is 21.1 Å². The third-order valence-corrected chi connectivity index (χ3v) is 5.64. The Bertz CT molecular complexity index is 1390. The predicted molar refractivity (Wildman–Crippen MR) is 127 cm³/mol. The monoisotopic (exact) mass is 519 g/mol. The molecule has 7 nitrogen and oxygen atoms in total. The standard InChI is InChI=1S/C25H21ClF3N3O4/c1-3-18-16(12-14-4-6-15(7-5-14)32-11-10-20(26)31-32)24(36-25(28)29)22-19(35-13-21(33)34-2)9-8-17(27)23(22)30-18/h4-11,25H,3,12-13H2,1-2H3. The molecule has 2 heterocycles. The molecule has 0 spiro atoms. The Morgan fingerprint density at radius 3 is 2.50 bits per heavy atom. The van der Waals surface area contributed by atoms with Crippen LogP contribution in [0.4, 0.5) is 13.2 Å². The Hall–Kier alpha value is -3.79. The number of methoxy groups -OCH3 is 1. The molecule has 11 heteroatoms. The number of alkyl halides is 2. The molecule has 0 saturated heterocycles. The number of ether oxygens (including phenoxy) is 3. The fourth-order valence-electron chi connectivity index (χ4n) is 3.79. The van der Waals surface area contributed by atoms with Crippen LogP contribution in [0.1, 0.15) is 23.7 Å². The van der Waals surface area contributed by atoms with Crippen LogP contribution in [0, 0.1) is 5.82 Å². The number of carbonyl (C=O) groups is 1. The van der Waals surface area contributed by atoms with Crippen LogP contribution in [0.3, 0.4) is 0 Å². The van der Waals surface area contributed by atoms with E-state index in [2.05, 4.69) is 14.8 Å². The minimum atomic E-state index is -3.19. The Morgan fingerprint density at radius 1 is 1.14 bits per heavy atom. The van der Waals surface area contributed by atoms with Crippen LogP contribution in [-0.2, 0) is 22.4 Å². The first kappa shape index (κ1) is 25.3. The number of pyridine rings is 1. The van der Waals surface area contributed by atoms with Gasteiger partial charge in [0.25, 0.3) is 0 Å². The van der Waals surface area contributed by atoms with Gasteiger partial charge in [0.15, 0.2) is 11.8 Å². The lowest BCUT2D eigenvalue weighted by atomic mass is 9.98. The van der Waals surface area contributed by atoms with Crippen molar-refractivity contribution in [2.24, 2.45) is 0 Å². The van der Waals surface area contributed by atoms with Gasteiger partial charge in [-0.1, -0.05) is 30.7 Å². The van der Waals surface area contributed by atoms with Crippen molar-refractivity contribution in [2.45, 2.75) is 26.4 Å². The van der Waals surface area contributed by atoms with Gasteiger partial charge in [-0.15, -0.1) is 0 Å². The zero-order valence-corrected chi connectivity index (χ0v) is 20.1. The molecular formula is C25H21ClF3N3O4. The molecule has 188 valence electrons. The number of benzene rings is 2. The molecule has 0 unspecified atom stereocenters. The lowest BCUT2D eigenvalue weighted by Gasteiger charge is -2.19. The second kappa shape index (κ2) is 10.9. The van der Waals surface area contributed by atoms with Gasteiger partial charge in [0.1, 0.15) is 22.8 Å². The number of halogens is 4. The molecular weight excluding hydrogens is 499 g/mol. The van der Waals surface area contributed by atoms with Gasteiger partial charge < -0.3 is 14.2 Å². The van der Waals surface area contributed by atoms with Crippen molar-refractivity contribution in [3.63, 3.8) is 0 Å². The third-order valence-electron chi connectivity index (χ3n) is 5.44. The molecule has 0 aliphatic carbocycles. The van der Waals surface area contributed by atoms with Gasteiger partial charge in [0.05, 0.1) is 18.2 Å². The van der Waals surface area contributed by atoms with Crippen LogP contribution in [-0.4, -0.2) is 41.1 Å². The van der Waals surface area contributed by atoms with E-state index in [0.717, 1.165) is 17.3 Å². The van der Waals surface area contributed by atoms with Crippen LogP contribution in [0.2, 0.25) is 5.15 Å². The number of esters is 1. The maximum Gasteiger partial charge on any atom is 0.387 e. The molecule has 0 saturated carbocycles. The predicted octanol–water partition coefficient (Wildman–Crippen LogP) is 5.52. The van der Waals surface area contributed by atoms with Crippen molar-refractivity contribution in [1.29, 1.82) is 0 Å². The second-order valence-corrected chi connectivity index (χ2v) is 8.05. The van der Waals surface area contributed by atoms with Gasteiger partial charge in [0, 0.05) is 23.9 Å². The van der Waals surface area contributed by atoms with Crippen molar-refractivity contribution < 1.29 is 32.2 Å². The van der Waals surface area contributed by atoms with E-state index in [1.807, 2.05) is 0 Å². The highest BCUT2D eigenvalue weighted by Crippen LogP contribution is 2.40. The normalized spacial score (nSPS) is 11.2. The van der Waals surface area contributed by atoms with Gasteiger partial charge in [-0.3, -0.25) is 0 Å². The van der Waals surface area contributed by atoms with Crippen molar-refractivity contribution in [3.05, 3.63) is 76.5 Å². The van der Waals surface area contributed by atoms with Gasteiger partial charge in [-0.2, -0.15) is 13.9 Å². The maximum atomic E-state index is 14.8. The van der Waals surface area contributed by atoms with E-state index < -0.39 is 25.0 Å². The number of fused-ring (bicyclic) bond motifs is 1. The molecule has 0 aliphatic rings. The van der Waals surface area contributed by atoms with E-state index in [1.165, 1.54) is 13.2 Å². The Kier molecular flexibility index (Phi) is 7.64. The van der Waals surface area contributed by atoms with E-state index in [-0.39, 0.29) is 28.8 Å². The molecule has 0 N–H and O–H groups in total. The minimum Gasteiger partial charge on any atom is -0.481 e. The molecule has 0 amide bonds. The number of nitrogens with zero attached hydrogens (tertiary/aromatic N) is 3. The topological polar surface area (TPSA) is 75.5 Å². The number of hydrogen-bond acceptors (Lipinski definition) is 6. The highest BCUT2D eigenvalue weighted by molar-refractivity contribution is 6.29. The summed E-state index contributed by atoms with van der Waals surface area (Å²) >= 11 is 5.88. The summed E-state index contributed by atoms with van der Waals surface area (Å²) < 4.78 is 58.5. The van der Waals surface area contributed by atoms with Crippen molar-refractivity contribution >= 4 is 28.5 Å². The van der Waals surface area contributed by atoms with Crippen LogP contribution in [0.15, 0.2) is 48.7 Å². The summed E-state index contributed by atoms with van der Waals surface area (Å²) in [6.07, 6.45) is 2.21. The first-order valence-corrected chi connectivity index (χ1v) is 11.3. The van der Waals surface area contributed by atoms with E-state index in [9.17, 15) is 18.0 Å². The number of hydrogen-bond donors (Lipinski definition) is 0. The van der Waals surface area contributed by atoms with Crippen molar-refractivity contribution in [3.8, 4) is 17.2 Å². The summed E-state index contributed by atoms with van der Waals surface area (Å²) in [5.41, 5.74) is 2.07. The Morgan fingerprint density at radius 2 is 1.89 bits per heavy atom. The summed E-state index contributed by atoms with van der Waals surface area (Å²) in [5, 5.41) is 4.40. The average molecular weight is 520 g/mol. The highest BCUT2D eigenvalue weighted by Gasteiger charge is 2.24. The van der Waals surface area contributed by atoms with Crippen LogP contribution in [0.5, 0.6) is 11.5 Å². The average Bonchev–Trinajstić information content (AvgIpc) is 3.30. The summed E-state index contributed by atoms with van der Waals surface area (Å²) in [6, 6.07) is 11.2. The van der Waals surface area contributed by atoms with Gasteiger partial charge in [-0.05, 0) is 42.3 Å². The lowest BCUT2D eigenvalue weighted by Crippen LogP contribution is -2.14. The maximum absolute atomic E-state index is 14.8. The molecule has 36 heavy (non-hydrogen) atoms. The van der Waals surface area contributed by atoms with Crippen molar-refractivity contribution in [2.75, 3.05) is 13.7 Å². The van der Waals surface area contributed by atoms with Crippen LogP contribution < -0.4 is 9.47 Å². The molecule has 0 fully saturated rings. The van der Waals surface area contributed by atoms with Gasteiger partial charge in [-0.25, -0.2) is 18.9 Å². The molecule has 4 rings (SSSR count).